The standard InChI is InChI=1S/C14H14ClN3O2/c1-9-4-10(7-17-6-9)8-20-13-5-11(15)2-3-12(13)14(16)18-19/h2-7,19H,8H2,1H3,(H2,16,18). The molecule has 0 radical (unpaired) electrons. The second kappa shape index (κ2) is 6.25. The van der Waals surface area contributed by atoms with E-state index in [1.54, 1.807) is 30.6 Å². The molecule has 1 aromatic carbocycles. The molecule has 3 N–H and O–H groups in total. The average Bonchev–Trinajstić information content (AvgIpc) is 2.44. The van der Waals surface area contributed by atoms with Crippen molar-refractivity contribution < 1.29 is 9.94 Å². The number of oxime groups is 1. The number of halogens is 1. The Kier molecular flexibility index (Phi) is 4.42. The molecule has 0 bridgehead atoms. The van der Waals surface area contributed by atoms with Crippen LogP contribution in [0.5, 0.6) is 5.75 Å². The monoisotopic (exact) mass is 291 g/mol. The van der Waals surface area contributed by atoms with E-state index in [0.717, 1.165) is 11.1 Å². The molecule has 0 aliphatic rings. The zero-order chi connectivity index (χ0) is 14.5. The van der Waals surface area contributed by atoms with E-state index in [1.165, 1.54) is 0 Å². The minimum atomic E-state index is -0.0287. The number of hydrogen-bond donors (Lipinski definition) is 2. The van der Waals surface area contributed by atoms with Gasteiger partial charge in [0, 0.05) is 23.0 Å². The van der Waals surface area contributed by atoms with Gasteiger partial charge in [0.15, 0.2) is 5.84 Å². The molecule has 0 aliphatic carbocycles. The predicted octanol–water partition coefficient (Wildman–Crippen LogP) is 2.72. The van der Waals surface area contributed by atoms with Gasteiger partial charge in [-0.05, 0) is 36.8 Å². The van der Waals surface area contributed by atoms with Gasteiger partial charge in [-0.2, -0.15) is 0 Å². The van der Waals surface area contributed by atoms with Gasteiger partial charge in [-0.25, -0.2) is 0 Å². The number of hydrogen-bond acceptors (Lipinski definition) is 4. The highest BCUT2D eigenvalue weighted by Gasteiger charge is 2.09. The van der Waals surface area contributed by atoms with Gasteiger partial charge < -0.3 is 15.7 Å². The van der Waals surface area contributed by atoms with Crippen molar-refractivity contribution in [2.24, 2.45) is 10.9 Å². The van der Waals surface area contributed by atoms with Crippen LogP contribution in [-0.4, -0.2) is 16.0 Å². The summed E-state index contributed by atoms with van der Waals surface area (Å²) < 4.78 is 5.69. The number of amidine groups is 1. The lowest BCUT2D eigenvalue weighted by atomic mass is 10.2. The smallest absolute Gasteiger partial charge is 0.173 e. The summed E-state index contributed by atoms with van der Waals surface area (Å²) in [6, 6.07) is 6.89. The van der Waals surface area contributed by atoms with E-state index in [2.05, 4.69) is 10.1 Å². The summed E-state index contributed by atoms with van der Waals surface area (Å²) in [5.41, 5.74) is 8.06. The first-order chi connectivity index (χ1) is 9.60. The highest BCUT2D eigenvalue weighted by molar-refractivity contribution is 6.30. The zero-order valence-corrected chi connectivity index (χ0v) is 11.6. The summed E-state index contributed by atoms with van der Waals surface area (Å²) in [5.74, 6) is 0.424. The van der Waals surface area contributed by atoms with E-state index in [-0.39, 0.29) is 5.84 Å². The summed E-state index contributed by atoms with van der Waals surface area (Å²) in [5, 5.41) is 12.3. The molecule has 0 fully saturated rings. The molecule has 0 saturated heterocycles. The molecule has 0 amide bonds. The molecule has 2 aromatic rings. The van der Waals surface area contributed by atoms with Crippen molar-refractivity contribution in [3.63, 3.8) is 0 Å². The van der Waals surface area contributed by atoms with Crippen LogP contribution in [0.4, 0.5) is 0 Å². The number of benzene rings is 1. The Hall–Kier alpha value is -2.27. The molecule has 20 heavy (non-hydrogen) atoms. The van der Waals surface area contributed by atoms with E-state index in [1.807, 2.05) is 13.0 Å². The number of aromatic nitrogens is 1. The Labute approximate surface area is 121 Å². The van der Waals surface area contributed by atoms with E-state index >= 15 is 0 Å². The van der Waals surface area contributed by atoms with Gasteiger partial charge in [0.25, 0.3) is 0 Å². The minimum Gasteiger partial charge on any atom is -0.488 e. The second-order valence-corrected chi connectivity index (χ2v) is 4.72. The normalized spacial score (nSPS) is 11.4. The van der Waals surface area contributed by atoms with Crippen molar-refractivity contribution >= 4 is 17.4 Å². The largest absolute Gasteiger partial charge is 0.488 e. The maximum Gasteiger partial charge on any atom is 0.173 e. The first-order valence-corrected chi connectivity index (χ1v) is 6.28. The Bertz CT molecular complexity index is 644. The van der Waals surface area contributed by atoms with Gasteiger partial charge in [0.05, 0.1) is 5.56 Å². The molecule has 0 saturated carbocycles. The molecule has 6 heteroatoms. The Morgan fingerprint density at radius 2 is 2.20 bits per heavy atom. The Morgan fingerprint density at radius 1 is 1.40 bits per heavy atom. The zero-order valence-electron chi connectivity index (χ0n) is 10.9. The van der Waals surface area contributed by atoms with Gasteiger partial charge in [-0.15, -0.1) is 0 Å². The molecule has 0 aliphatic heterocycles. The van der Waals surface area contributed by atoms with Crippen LogP contribution in [0.1, 0.15) is 16.7 Å². The number of nitrogens with two attached hydrogens (primary N) is 1. The van der Waals surface area contributed by atoms with Crippen LogP contribution in [-0.2, 0) is 6.61 Å². The first kappa shape index (κ1) is 14.1. The summed E-state index contributed by atoms with van der Waals surface area (Å²) in [6.45, 7) is 2.28. The quantitative estimate of drug-likeness (QED) is 0.393. The summed E-state index contributed by atoms with van der Waals surface area (Å²) in [7, 11) is 0. The molecule has 104 valence electrons. The van der Waals surface area contributed by atoms with Crippen LogP contribution in [0.3, 0.4) is 0 Å². The summed E-state index contributed by atoms with van der Waals surface area (Å²) in [4.78, 5) is 4.09. The second-order valence-electron chi connectivity index (χ2n) is 4.28. The van der Waals surface area contributed by atoms with E-state index in [4.69, 9.17) is 27.3 Å². The van der Waals surface area contributed by atoms with Gasteiger partial charge >= 0.3 is 0 Å². The van der Waals surface area contributed by atoms with Gasteiger partial charge in [0.2, 0.25) is 0 Å². The maximum atomic E-state index is 8.77. The van der Waals surface area contributed by atoms with Crippen LogP contribution in [0.25, 0.3) is 0 Å². The van der Waals surface area contributed by atoms with Crippen molar-refractivity contribution in [2.45, 2.75) is 13.5 Å². The van der Waals surface area contributed by atoms with Crippen LogP contribution < -0.4 is 10.5 Å². The number of rotatable bonds is 4. The highest BCUT2D eigenvalue weighted by atomic mass is 35.5. The fourth-order valence-electron chi connectivity index (χ4n) is 1.74. The van der Waals surface area contributed by atoms with Crippen LogP contribution >= 0.6 is 11.6 Å². The molecule has 0 atom stereocenters. The van der Waals surface area contributed by atoms with Crippen molar-refractivity contribution in [2.75, 3.05) is 0 Å². The average molecular weight is 292 g/mol. The van der Waals surface area contributed by atoms with Crippen molar-refractivity contribution in [3.8, 4) is 5.75 Å². The SMILES string of the molecule is Cc1cncc(COc2cc(Cl)ccc2/C(N)=N/O)c1. The molecule has 1 heterocycles. The number of nitrogens with zero attached hydrogens (tertiary/aromatic N) is 2. The third-order valence-corrected chi connectivity index (χ3v) is 2.89. The molecule has 2 rings (SSSR count). The molecule has 5 nitrogen and oxygen atoms in total. The van der Waals surface area contributed by atoms with Crippen LogP contribution in [0, 0.1) is 6.92 Å². The van der Waals surface area contributed by atoms with Crippen LogP contribution in [0.2, 0.25) is 5.02 Å². The lowest BCUT2D eigenvalue weighted by Crippen LogP contribution is -2.14. The number of pyridine rings is 1. The third kappa shape index (κ3) is 3.39. The van der Waals surface area contributed by atoms with Gasteiger partial charge in [-0.3, -0.25) is 4.98 Å². The maximum absolute atomic E-state index is 8.77. The van der Waals surface area contributed by atoms with Crippen molar-refractivity contribution in [1.29, 1.82) is 0 Å². The summed E-state index contributed by atoms with van der Waals surface area (Å²) in [6.07, 6.45) is 3.49. The summed E-state index contributed by atoms with van der Waals surface area (Å²) >= 11 is 5.94. The van der Waals surface area contributed by atoms with E-state index in [9.17, 15) is 0 Å². The lowest BCUT2D eigenvalue weighted by Gasteiger charge is -2.11. The third-order valence-electron chi connectivity index (χ3n) is 2.65. The fourth-order valence-corrected chi connectivity index (χ4v) is 1.90. The topological polar surface area (TPSA) is 80.7 Å². The van der Waals surface area contributed by atoms with Gasteiger partial charge in [0.1, 0.15) is 12.4 Å². The van der Waals surface area contributed by atoms with Crippen LogP contribution in [0.15, 0.2) is 41.8 Å². The Balaban J connectivity index is 2.22. The predicted molar refractivity (Wildman–Crippen MR) is 77.3 cm³/mol. The fraction of sp³-hybridized carbons (Fsp3) is 0.143. The molecule has 0 spiro atoms. The van der Waals surface area contributed by atoms with E-state index < -0.39 is 0 Å². The molecular formula is C14H14ClN3O2. The van der Waals surface area contributed by atoms with E-state index in [0.29, 0.717) is 22.9 Å². The first-order valence-electron chi connectivity index (χ1n) is 5.91. The molecule has 0 unspecified atom stereocenters. The van der Waals surface area contributed by atoms with Crippen molar-refractivity contribution in [1.82, 2.24) is 4.98 Å². The number of ether oxygens (including phenoxy) is 1. The molecular weight excluding hydrogens is 278 g/mol. The highest BCUT2D eigenvalue weighted by Crippen LogP contribution is 2.24. The Morgan fingerprint density at radius 3 is 2.90 bits per heavy atom. The number of aryl methyl sites for hydroxylation is 1. The van der Waals surface area contributed by atoms with Crippen molar-refractivity contribution in [3.05, 3.63) is 58.4 Å². The minimum absolute atomic E-state index is 0.0287. The van der Waals surface area contributed by atoms with Gasteiger partial charge in [-0.1, -0.05) is 16.8 Å². The lowest BCUT2D eigenvalue weighted by molar-refractivity contribution is 0.302. The molecule has 1 aromatic heterocycles.